The molecule has 2 rings (SSSR count). The van der Waals surface area contributed by atoms with Gasteiger partial charge in [0, 0.05) is 11.6 Å². The predicted octanol–water partition coefficient (Wildman–Crippen LogP) is 2.20. The topological polar surface area (TPSA) is 55.1 Å². The van der Waals surface area contributed by atoms with Crippen molar-refractivity contribution >= 4 is 23.2 Å². The number of benzene rings is 1. The Kier molecular flexibility index (Phi) is 2.82. The zero-order valence-electron chi connectivity index (χ0n) is 8.29. The molecule has 0 radical (unpaired) electrons. The van der Waals surface area contributed by atoms with Crippen LogP contribution in [0, 0.1) is 0 Å². The van der Waals surface area contributed by atoms with Crippen LogP contribution in [0.2, 0.25) is 5.02 Å². The Bertz CT molecular complexity index is 388. The average Bonchev–Trinajstić information content (AvgIpc) is 2.15. The van der Waals surface area contributed by atoms with E-state index in [4.69, 9.17) is 17.3 Å². The molecule has 1 aromatic rings. The molecule has 1 saturated carbocycles. The molecule has 0 heterocycles. The summed E-state index contributed by atoms with van der Waals surface area (Å²) in [6.07, 6.45) is 3.36. The van der Waals surface area contributed by atoms with Crippen molar-refractivity contribution in [3.05, 3.63) is 28.8 Å². The molecule has 80 valence electrons. The van der Waals surface area contributed by atoms with E-state index in [0.29, 0.717) is 22.3 Å². The molecular weight excluding hydrogens is 212 g/mol. The summed E-state index contributed by atoms with van der Waals surface area (Å²) in [6, 6.07) is 5.28. The van der Waals surface area contributed by atoms with Crippen molar-refractivity contribution in [2.75, 3.05) is 5.73 Å². The Labute approximate surface area is 93.6 Å². The lowest BCUT2D eigenvalue weighted by Crippen LogP contribution is -2.39. The van der Waals surface area contributed by atoms with Crippen LogP contribution in [0.5, 0.6) is 0 Å². The van der Waals surface area contributed by atoms with Crippen molar-refractivity contribution in [1.82, 2.24) is 5.32 Å². The predicted molar refractivity (Wildman–Crippen MR) is 61.0 cm³/mol. The number of carbonyl (C=O) groups excluding carboxylic acids is 1. The molecule has 0 atom stereocenters. The summed E-state index contributed by atoms with van der Waals surface area (Å²) in [4.78, 5) is 11.7. The Balaban J connectivity index is 2.07. The smallest absolute Gasteiger partial charge is 0.251 e. The highest BCUT2D eigenvalue weighted by Crippen LogP contribution is 2.21. The number of nitrogens with one attached hydrogen (secondary N) is 1. The zero-order valence-corrected chi connectivity index (χ0v) is 9.05. The summed E-state index contributed by atoms with van der Waals surface area (Å²) in [7, 11) is 0. The SMILES string of the molecule is Nc1cc(C(=O)NC2CCC2)ccc1Cl. The third kappa shape index (κ3) is 2.23. The molecule has 0 aromatic heterocycles. The quantitative estimate of drug-likeness (QED) is 0.757. The van der Waals surface area contributed by atoms with Crippen molar-refractivity contribution in [2.45, 2.75) is 25.3 Å². The second kappa shape index (κ2) is 4.11. The van der Waals surface area contributed by atoms with Crippen LogP contribution in [-0.2, 0) is 0 Å². The molecule has 15 heavy (non-hydrogen) atoms. The first-order chi connectivity index (χ1) is 7.16. The molecular formula is C11H13ClN2O. The fourth-order valence-electron chi connectivity index (χ4n) is 1.51. The lowest BCUT2D eigenvalue weighted by Gasteiger charge is -2.26. The van der Waals surface area contributed by atoms with Gasteiger partial charge >= 0.3 is 0 Å². The highest BCUT2D eigenvalue weighted by molar-refractivity contribution is 6.33. The first-order valence-electron chi connectivity index (χ1n) is 5.02. The number of hydrogen-bond donors (Lipinski definition) is 2. The fourth-order valence-corrected chi connectivity index (χ4v) is 1.62. The number of carbonyl (C=O) groups is 1. The highest BCUT2D eigenvalue weighted by Gasteiger charge is 2.20. The van der Waals surface area contributed by atoms with Crippen LogP contribution in [0.15, 0.2) is 18.2 Å². The van der Waals surface area contributed by atoms with Gasteiger partial charge in [-0.25, -0.2) is 0 Å². The number of nitrogen functional groups attached to an aromatic ring is 1. The minimum Gasteiger partial charge on any atom is -0.398 e. The first-order valence-corrected chi connectivity index (χ1v) is 5.40. The van der Waals surface area contributed by atoms with Crippen LogP contribution in [0.4, 0.5) is 5.69 Å². The second-order valence-electron chi connectivity index (χ2n) is 3.84. The van der Waals surface area contributed by atoms with Crippen LogP contribution in [0.25, 0.3) is 0 Å². The Morgan fingerprint density at radius 1 is 1.47 bits per heavy atom. The van der Waals surface area contributed by atoms with Gasteiger partial charge in [-0.1, -0.05) is 11.6 Å². The molecule has 4 heteroatoms. The van der Waals surface area contributed by atoms with Crippen molar-refractivity contribution < 1.29 is 4.79 Å². The maximum atomic E-state index is 11.7. The molecule has 3 nitrogen and oxygen atoms in total. The van der Waals surface area contributed by atoms with Crippen molar-refractivity contribution in [3.8, 4) is 0 Å². The first kappa shape index (κ1) is 10.3. The molecule has 0 unspecified atom stereocenters. The van der Waals surface area contributed by atoms with Crippen molar-refractivity contribution in [1.29, 1.82) is 0 Å². The van der Waals surface area contributed by atoms with Gasteiger partial charge in [-0.15, -0.1) is 0 Å². The van der Waals surface area contributed by atoms with Crippen LogP contribution in [0.3, 0.4) is 0 Å². The number of rotatable bonds is 2. The van der Waals surface area contributed by atoms with Gasteiger partial charge in [0.2, 0.25) is 0 Å². The highest BCUT2D eigenvalue weighted by atomic mass is 35.5. The fraction of sp³-hybridized carbons (Fsp3) is 0.364. The summed E-state index contributed by atoms with van der Waals surface area (Å²) in [5.74, 6) is -0.0666. The van der Waals surface area contributed by atoms with Gasteiger partial charge in [0.05, 0.1) is 10.7 Å². The molecule has 1 aliphatic carbocycles. The van der Waals surface area contributed by atoms with E-state index in [1.807, 2.05) is 0 Å². The van der Waals surface area contributed by atoms with Gasteiger partial charge in [0.1, 0.15) is 0 Å². The van der Waals surface area contributed by atoms with Gasteiger partial charge < -0.3 is 11.1 Å². The van der Waals surface area contributed by atoms with Crippen LogP contribution in [-0.4, -0.2) is 11.9 Å². The normalized spacial score (nSPS) is 15.8. The summed E-state index contributed by atoms with van der Waals surface area (Å²) in [6.45, 7) is 0. The second-order valence-corrected chi connectivity index (χ2v) is 4.24. The number of halogens is 1. The molecule has 0 bridgehead atoms. The summed E-state index contributed by atoms with van der Waals surface area (Å²) in [5.41, 5.74) is 6.64. The van der Waals surface area contributed by atoms with Gasteiger partial charge in [-0.3, -0.25) is 4.79 Å². The monoisotopic (exact) mass is 224 g/mol. The lowest BCUT2D eigenvalue weighted by molar-refractivity contribution is 0.0917. The van der Waals surface area contributed by atoms with Crippen LogP contribution in [0.1, 0.15) is 29.6 Å². The molecule has 1 fully saturated rings. The van der Waals surface area contributed by atoms with E-state index < -0.39 is 0 Å². The maximum Gasteiger partial charge on any atom is 0.251 e. The number of nitrogens with two attached hydrogens (primary N) is 1. The molecule has 3 N–H and O–H groups in total. The Morgan fingerprint density at radius 2 is 2.20 bits per heavy atom. The van der Waals surface area contributed by atoms with Crippen LogP contribution < -0.4 is 11.1 Å². The van der Waals surface area contributed by atoms with E-state index >= 15 is 0 Å². The molecule has 0 saturated heterocycles. The van der Waals surface area contributed by atoms with Gasteiger partial charge in [-0.2, -0.15) is 0 Å². The van der Waals surface area contributed by atoms with Crippen molar-refractivity contribution in [3.63, 3.8) is 0 Å². The molecule has 1 aliphatic rings. The Morgan fingerprint density at radius 3 is 2.73 bits per heavy atom. The van der Waals surface area contributed by atoms with E-state index in [-0.39, 0.29) is 5.91 Å². The molecule has 1 aromatic carbocycles. The molecule has 0 spiro atoms. The summed E-state index contributed by atoms with van der Waals surface area (Å²) < 4.78 is 0. The largest absolute Gasteiger partial charge is 0.398 e. The van der Waals surface area contributed by atoms with E-state index in [9.17, 15) is 4.79 Å². The maximum absolute atomic E-state index is 11.7. The third-order valence-corrected chi connectivity index (χ3v) is 3.04. The van der Waals surface area contributed by atoms with Crippen molar-refractivity contribution in [2.24, 2.45) is 0 Å². The van der Waals surface area contributed by atoms with Gasteiger partial charge in [0.15, 0.2) is 0 Å². The zero-order chi connectivity index (χ0) is 10.8. The minimum atomic E-state index is -0.0666. The van der Waals surface area contributed by atoms with E-state index in [0.717, 1.165) is 12.8 Å². The number of hydrogen-bond acceptors (Lipinski definition) is 2. The summed E-state index contributed by atoms with van der Waals surface area (Å²) >= 11 is 5.77. The summed E-state index contributed by atoms with van der Waals surface area (Å²) in [5, 5.41) is 3.42. The minimum absolute atomic E-state index is 0.0666. The number of amides is 1. The van der Waals surface area contributed by atoms with Gasteiger partial charge in [0.25, 0.3) is 5.91 Å². The Hall–Kier alpha value is -1.22. The lowest BCUT2D eigenvalue weighted by atomic mass is 9.93. The van der Waals surface area contributed by atoms with E-state index in [2.05, 4.69) is 5.32 Å². The average molecular weight is 225 g/mol. The van der Waals surface area contributed by atoms with E-state index in [1.54, 1.807) is 18.2 Å². The number of anilines is 1. The standard InChI is InChI=1S/C11H13ClN2O/c12-9-5-4-7(6-10(9)13)11(15)14-8-2-1-3-8/h4-6,8H,1-3,13H2,(H,14,15). The third-order valence-electron chi connectivity index (χ3n) is 2.70. The van der Waals surface area contributed by atoms with E-state index in [1.165, 1.54) is 6.42 Å². The van der Waals surface area contributed by atoms with Crippen LogP contribution >= 0.6 is 11.6 Å². The van der Waals surface area contributed by atoms with Gasteiger partial charge in [-0.05, 0) is 37.5 Å². The molecule has 1 amide bonds. The molecule has 0 aliphatic heterocycles.